The van der Waals surface area contributed by atoms with E-state index in [1.807, 2.05) is 55.5 Å². The van der Waals surface area contributed by atoms with Gasteiger partial charge >= 0.3 is 0 Å². The van der Waals surface area contributed by atoms with Crippen molar-refractivity contribution in [1.82, 2.24) is 0 Å². The molecule has 0 radical (unpaired) electrons. The van der Waals surface area contributed by atoms with Crippen molar-refractivity contribution in [2.24, 2.45) is 5.73 Å². The number of aryl methyl sites for hydroxylation is 1. The fraction of sp³-hybridized carbons (Fsp3) is 0.294. The minimum Gasteiger partial charge on any atom is -0.497 e. The number of hydrogen-bond acceptors (Lipinski definition) is 3. The monoisotopic (exact) mass is 307 g/mol. The second-order valence-electron chi connectivity index (χ2n) is 5.01. The molecule has 0 fully saturated rings. The second kappa shape index (κ2) is 8.03. The number of aliphatic hydroxyl groups excluding tert-OH is 1. The van der Waals surface area contributed by atoms with Crippen LogP contribution in [-0.2, 0) is 6.42 Å². The summed E-state index contributed by atoms with van der Waals surface area (Å²) in [5.74, 6) is 0.802. The van der Waals surface area contributed by atoms with Gasteiger partial charge in [-0.15, -0.1) is 12.4 Å². The minimum absolute atomic E-state index is 0. The summed E-state index contributed by atoms with van der Waals surface area (Å²) in [5.41, 5.74) is 9.26. The fourth-order valence-corrected chi connectivity index (χ4v) is 2.34. The molecule has 3 nitrogen and oxygen atoms in total. The van der Waals surface area contributed by atoms with Gasteiger partial charge in [-0.3, -0.25) is 0 Å². The second-order valence-corrected chi connectivity index (χ2v) is 5.01. The van der Waals surface area contributed by atoms with Crippen LogP contribution in [0.15, 0.2) is 48.5 Å². The van der Waals surface area contributed by atoms with Gasteiger partial charge in [0, 0.05) is 6.42 Å². The Morgan fingerprint density at radius 1 is 1.14 bits per heavy atom. The van der Waals surface area contributed by atoms with Gasteiger partial charge in [0.15, 0.2) is 0 Å². The number of ether oxygens (including phenoxy) is 1. The van der Waals surface area contributed by atoms with Gasteiger partial charge in [0.1, 0.15) is 5.75 Å². The standard InChI is InChI=1S/C17H21NO2.ClH/c1-12-10-14(20-2)8-9-15(12)17(18)16(19)11-13-6-4-3-5-7-13;/h3-10,16-17,19H,11,18H2,1-2H3;1H/t16-,17+;/m1./s1. The summed E-state index contributed by atoms with van der Waals surface area (Å²) in [6.07, 6.45) is -0.0579. The number of hydrogen-bond donors (Lipinski definition) is 2. The van der Waals surface area contributed by atoms with E-state index in [2.05, 4.69) is 0 Å². The highest BCUT2D eigenvalue weighted by atomic mass is 35.5. The van der Waals surface area contributed by atoms with E-state index in [0.717, 1.165) is 22.4 Å². The van der Waals surface area contributed by atoms with Crippen LogP contribution in [0.4, 0.5) is 0 Å². The first kappa shape index (κ1) is 17.5. The topological polar surface area (TPSA) is 55.5 Å². The molecule has 2 rings (SSSR count). The average molecular weight is 308 g/mol. The molecule has 114 valence electrons. The molecule has 0 unspecified atom stereocenters. The lowest BCUT2D eigenvalue weighted by Gasteiger charge is -2.21. The molecular formula is C17H22ClNO2. The summed E-state index contributed by atoms with van der Waals surface area (Å²) in [6, 6.07) is 15.2. The van der Waals surface area contributed by atoms with E-state index in [0.29, 0.717) is 6.42 Å². The Balaban J connectivity index is 0.00000220. The van der Waals surface area contributed by atoms with E-state index >= 15 is 0 Å². The van der Waals surface area contributed by atoms with Crippen molar-refractivity contribution < 1.29 is 9.84 Å². The van der Waals surface area contributed by atoms with Crippen molar-refractivity contribution in [1.29, 1.82) is 0 Å². The van der Waals surface area contributed by atoms with Crippen LogP contribution in [0.5, 0.6) is 5.75 Å². The zero-order valence-corrected chi connectivity index (χ0v) is 13.1. The molecule has 0 aliphatic heterocycles. The average Bonchev–Trinajstić information content (AvgIpc) is 2.47. The molecule has 0 aromatic heterocycles. The number of aliphatic hydroxyl groups is 1. The molecule has 2 atom stereocenters. The maximum atomic E-state index is 10.3. The maximum Gasteiger partial charge on any atom is 0.119 e. The van der Waals surface area contributed by atoms with E-state index in [4.69, 9.17) is 10.5 Å². The number of rotatable bonds is 5. The summed E-state index contributed by atoms with van der Waals surface area (Å²) in [6.45, 7) is 1.98. The normalized spacial score (nSPS) is 13.1. The smallest absolute Gasteiger partial charge is 0.119 e. The number of halogens is 1. The highest BCUT2D eigenvalue weighted by Gasteiger charge is 2.19. The van der Waals surface area contributed by atoms with Crippen LogP contribution in [0.25, 0.3) is 0 Å². The van der Waals surface area contributed by atoms with Gasteiger partial charge in [0.2, 0.25) is 0 Å². The van der Waals surface area contributed by atoms with Crippen LogP contribution in [0.2, 0.25) is 0 Å². The molecule has 2 aromatic carbocycles. The largest absolute Gasteiger partial charge is 0.497 e. The van der Waals surface area contributed by atoms with Crippen LogP contribution in [0, 0.1) is 6.92 Å². The molecule has 0 saturated heterocycles. The Morgan fingerprint density at radius 3 is 2.38 bits per heavy atom. The van der Waals surface area contributed by atoms with Gasteiger partial charge in [0.05, 0.1) is 19.3 Å². The lowest BCUT2D eigenvalue weighted by atomic mass is 9.94. The van der Waals surface area contributed by atoms with Crippen molar-refractivity contribution in [2.75, 3.05) is 7.11 Å². The third-order valence-electron chi connectivity index (χ3n) is 3.54. The predicted octanol–water partition coefficient (Wildman–Crippen LogP) is 3.03. The van der Waals surface area contributed by atoms with Crippen molar-refractivity contribution in [3.8, 4) is 5.75 Å². The Labute approximate surface area is 132 Å². The minimum atomic E-state index is -0.607. The van der Waals surface area contributed by atoms with Gasteiger partial charge < -0.3 is 15.6 Å². The third kappa shape index (κ3) is 4.46. The van der Waals surface area contributed by atoms with Crippen molar-refractivity contribution in [3.63, 3.8) is 0 Å². The van der Waals surface area contributed by atoms with Gasteiger partial charge in [0.25, 0.3) is 0 Å². The molecule has 3 N–H and O–H groups in total. The molecule has 0 saturated carbocycles. The van der Waals surface area contributed by atoms with Crippen molar-refractivity contribution >= 4 is 12.4 Å². The van der Waals surface area contributed by atoms with Gasteiger partial charge in [-0.2, -0.15) is 0 Å². The van der Waals surface area contributed by atoms with Gasteiger partial charge in [-0.25, -0.2) is 0 Å². The predicted molar refractivity (Wildman–Crippen MR) is 88.1 cm³/mol. The van der Waals surface area contributed by atoms with Crippen LogP contribution >= 0.6 is 12.4 Å². The van der Waals surface area contributed by atoms with Crippen LogP contribution < -0.4 is 10.5 Å². The van der Waals surface area contributed by atoms with E-state index in [1.165, 1.54) is 0 Å². The lowest BCUT2D eigenvalue weighted by Crippen LogP contribution is -2.28. The van der Waals surface area contributed by atoms with Crippen LogP contribution in [0.1, 0.15) is 22.7 Å². The van der Waals surface area contributed by atoms with Gasteiger partial charge in [-0.1, -0.05) is 36.4 Å². The Bertz CT molecular complexity index is 560. The number of benzene rings is 2. The molecule has 21 heavy (non-hydrogen) atoms. The summed E-state index contributed by atoms with van der Waals surface area (Å²) in [7, 11) is 1.64. The lowest BCUT2D eigenvalue weighted by molar-refractivity contribution is 0.145. The molecule has 0 heterocycles. The van der Waals surface area contributed by atoms with Crippen LogP contribution in [-0.4, -0.2) is 18.3 Å². The Hall–Kier alpha value is -1.55. The molecule has 0 spiro atoms. The summed E-state index contributed by atoms with van der Waals surface area (Å²) in [5, 5.41) is 10.3. The van der Waals surface area contributed by atoms with E-state index < -0.39 is 12.1 Å². The van der Waals surface area contributed by atoms with E-state index in [9.17, 15) is 5.11 Å². The SMILES string of the molecule is COc1ccc([C@H](N)[C@H](O)Cc2ccccc2)c(C)c1.Cl. The highest BCUT2D eigenvalue weighted by Crippen LogP contribution is 2.24. The molecule has 2 aromatic rings. The zero-order valence-electron chi connectivity index (χ0n) is 12.3. The van der Waals surface area contributed by atoms with Crippen LogP contribution in [0.3, 0.4) is 0 Å². The highest BCUT2D eigenvalue weighted by molar-refractivity contribution is 5.85. The van der Waals surface area contributed by atoms with Crippen molar-refractivity contribution in [3.05, 3.63) is 65.2 Å². The van der Waals surface area contributed by atoms with E-state index in [-0.39, 0.29) is 12.4 Å². The maximum absolute atomic E-state index is 10.3. The Kier molecular flexibility index (Phi) is 6.69. The quantitative estimate of drug-likeness (QED) is 0.892. The van der Waals surface area contributed by atoms with Gasteiger partial charge in [-0.05, 0) is 35.7 Å². The number of methoxy groups -OCH3 is 1. The summed E-state index contributed by atoms with van der Waals surface area (Å²) >= 11 is 0. The van der Waals surface area contributed by atoms with Crippen molar-refractivity contribution in [2.45, 2.75) is 25.5 Å². The molecule has 0 amide bonds. The first-order chi connectivity index (χ1) is 9.61. The number of nitrogens with two attached hydrogens (primary N) is 1. The third-order valence-corrected chi connectivity index (χ3v) is 3.54. The zero-order chi connectivity index (χ0) is 14.5. The molecular weight excluding hydrogens is 286 g/mol. The summed E-state index contributed by atoms with van der Waals surface area (Å²) < 4.78 is 5.18. The first-order valence-electron chi connectivity index (χ1n) is 6.74. The van der Waals surface area contributed by atoms with E-state index in [1.54, 1.807) is 7.11 Å². The first-order valence-corrected chi connectivity index (χ1v) is 6.74. The Morgan fingerprint density at radius 2 is 1.81 bits per heavy atom. The molecule has 0 aliphatic rings. The fourth-order valence-electron chi connectivity index (χ4n) is 2.34. The molecule has 0 aliphatic carbocycles. The molecule has 4 heteroatoms. The molecule has 0 bridgehead atoms. The summed E-state index contributed by atoms with van der Waals surface area (Å²) in [4.78, 5) is 0.